The number of aryl methyl sites for hydroxylation is 1. The molecule has 2 rings (SSSR count). The van der Waals surface area contributed by atoms with Gasteiger partial charge in [-0.3, -0.25) is 14.4 Å². The van der Waals surface area contributed by atoms with E-state index in [9.17, 15) is 19.2 Å². The summed E-state index contributed by atoms with van der Waals surface area (Å²) in [4.78, 5) is 42.0. The molecule has 0 spiro atoms. The minimum Gasteiger partial charge on any atom is -0.496 e. The Labute approximate surface area is 165 Å². The Morgan fingerprint density at radius 3 is 1.97 bits per heavy atom. The topological polar surface area (TPSA) is 184 Å². The zero-order valence-electron chi connectivity index (χ0n) is 15.7. The fourth-order valence-corrected chi connectivity index (χ4v) is 2.69. The Morgan fingerprint density at radius 2 is 1.55 bits per heavy atom. The van der Waals surface area contributed by atoms with Gasteiger partial charge < -0.3 is 30.9 Å². The maximum absolute atomic E-state index is 11.5. The van der Waals surface area contributed by atoms with Crippen LogP contribution >= 0.6 is 0 Å². The number of aliphatic carboxylic acids is 3. The number of hydrogen-bond donors (Lipinski definition) is 5. The lowest BCUT2D eigenvalue weighted by molar-refractivity contribution is -0.170. The summed E-state index contributed by atoms with van der Waals surface area (Å²) < 4.78 is 5.24. The highest BCUT2D eigenvalue weighted by Crippen LogP contribution is 2.31. The van der Waals surface area contributed by atoms with Crippen LogP contribution in [0.15, 0.2) is 30.3 Å². The second-order valence-corrected chi connectivity index (χ2v) is 6.16. The summed E-state index contributed by atoms with van der Waals surface area (Å²) in [5.74, 6) is -4.92. The molecule has 0 heterocycles. The fourth-order valence-electron chi connectivity index (χ4n) is 2.69. The number of fused-ring (bicyclic) bond motifs is 1. The van der Waals surface area contributed by atoms with Crippen LogP contribution in [0.25, 0.3) is 10.8 Å². The van der Waals surface area contributed by atoms with E-state index in [0.29, 0.717) is 11.3 Å². The average Bonchev–Trinajstić information content (AvgIpc) is 2.59. The van der Waals surface area contributed by atoms with E-state index in [0.717, 1.165) is 16.3 Å². The Hall–Kier alpha value is -3.66. The number of carbonyl (C=O) groups is 4. The summed E-state index contributed by atoms with van der Waals surface area (Å²) in [6.07, 6.45) is -2.29. The Bertz CT molecular complexity index is 936. The minimum atomic E-state index is -2.74. The van der Waals surface area contributed by atoms with Gasteiger partial charge in [0, 0.05) is 0 Å². The zero-order chi connectivity index (χ0) is 22.4. The number of carboxylic acid groups (broad SMARTS) is 3. The van der Waals surface area contributed by atoms with Crippen LogP contribution in [0.3, 0.4) is 0 Å². The van der Waals surface area contributed by atoms with E-state index in [4.69, 9.17) is 30.9 Å². The smallest absolute Gasteiger partial charge is 0.336 e. The third-order valence-corrected chi connectivity index (χ3v) is 3.92. The van der Waals surface area contributed by atoms with Crippen LogP contribution in [0.5, 0.6) is 5.75 Å². The van der Waals surface area contributed by atoms with Crippen molar-refractivity contribution >= 4 is 34.6 Å². The summed E-state index contributed by atoms with van der Waals surface area (Å²) in [6, 6.07) is 9.62. The Morgan fingerprint density at radius 1 is 1.03 bits per heavy atom. The van der Waals surface area contributed by atoms with Crippen molar-refractivity contribution in [1.82, 2.24) is 0 Å². The van der Waals surface area contributed by atoms with Crippen LogP contribution in [-0.4, -0.2) is 57.0 Å². The number of aliphatic hydroxyl groups is 1. The van der Waals surface area contributed by atoms with Crippen molar-refractivity contribution in [1.29, 1.82) is 0 Å². The molecule has 0 bridgehead atoms. The van der Waals surface area contributed by atoms with E-state index in [1.54, 1.807) is 7.11 Å². The molecule has 0 aliphatic rings. The molecule has 10 nitrogen and oxygen atoms in total. The molecule has 0 aliphatic carbocycles. The standard InChI is InChI=1S/C13H13NO2.C6H8O7/c1-8-7-9-5-3-4-6-10(9)11(13(14)15)12(8)16-2;7-3(8)1-6(13,5(11)12)2-4(9)10/h3-7H,1-2H3,(H2,14,15);13H,1-2H2,(H,7,8)(H,9,10)(H,11,12). The summed E-state index contributed by atoms with van der Waals surface area (Å²) >= 11 is 0. The highest BCUT2D eigenvalue weighted by molar-refractivity contribution is 6.09. The van der Waals surface area contributed by atoms with Crippen molar-refractivity contribution in [2.45, 2.75) is 25.4 Å². The first-order valence-electron chi connectivity index (χ1n) is 8.18. The van der Waals surface area contributed by atoms with Gasteiger partial charge in [0.05, 0.1) is 25.5 Å². The number of rotatable bonds is 7. The Kier molecular flexibility index (Phi) is 7.67. The van der Waals surface area contributed by atoms with E-state index in [1.165, 1.54) is 0 Å². The van der Waals surface area contributed by atoms with Crippen molar-refractivity contribution in [3.8, 4) is 5.75 Å². The third-order valence-electron chi connectivity index (χ3n) is 3.92. The number of ether oxygens (including phenoxy) is 1. The maximum Gasteiger partial charge on any atom is 0.336 e. The molecule has 6 N–H and O–H groups in total. The second kappa shape index (κ2) is 9.51. The number of carboxylic acids is 3. The van der Waals surface area contributed by atoms with Gasteiger partial charge in [0.15, 0.2) is 5.60 Å². The fraction of sp³-hybridized carbons (Fsp3) is 0.263. The van der Waals surface area contributed by atoms with Gasteiger partial charge in [0.1, 0.15) is 5.75 Å². The highest BCUT2D eigenvalue weighted by atomic mass is 16.5. The molecule has 0 fully saturated rings. The first kappa shape index (κ1) is 23.4. The lowest BCUT2D eigenvalue weighted by atomic mass is 9.96. The molecule has 1 amide bonds. The van der Waals surface area contributed by atoms with E-state index in [2.05, 4.69) is 0 Å². The first-order chi connectivity index (χ1) is 13.4. The van der Waals surface area contributed by atoms with E-state index >= 15 is 0 Å². The first-order valence-corrected chi connectivity index (χ1v) is 8.18. The number of nitrogens with two attached hydrogens (primary N) is 1. The number of benzene rings is 2. The van der Waals surface area contributed by atoms with E-state index in [1.807, 2.05) is 37.3 Å². The third kappa shape index (κ3) is 5.91. The van der Waals surface area contributed by atoms with Gasteiger partial charge in [-0.15, -0.1) is 0 Å². The number of carbonyl (C=O) groups excluding carboxylic acids is 1. The predicted octanol–water partition coefficient (Wildman–Crippen LogP) is 1.01. The molecule has 0 saturated carbocycles. The lowest BCUT2D eigenvalue weighted by Gasteiger charge is -2.18. The summed E-state index contributed by atoms with van der Waals surface area (Å²) in [5.41, 5.74) is 4.04. The van der Waals surface area contributed by atoms with Crippen LogP contribution in [0.1, 0.15) is 28.8 Å². The molecule has 0 aromatic heterocycles. The van der Waals surface area contributed by atoms with Gasteiger partial charge in [-0.2, -0.15) is 0 Å². The van der Waals surface area contributed by atoms with Gasteiger partial charge in [0.25, 0.3) is 5.91 Å². The molecule has 0 atom stereocenters. The normalized spacial score (nSPS) is 10.6. The van der Waals surface area contributed by atoms with Gasteiger partial charge >= 0.3 is 17.9 Å². The van der Waals surface area contributed by atoms with Crippen molar-refractivity contribution < 1.29 is 44.3 Å². The van der Waals surface area contributed by atoms with Crippen LogP contribution in [-0.2, 0) is 14.4 Å². The largest absolute Gasteiger partial charge is 0.496 e. The second-order valence-electron chi connectivity index (χ2n) is 6.16. The van der Waals surface area contributed by atoms with Crippen molar-refractivity contribution in [3.05, 3.63) is 41.5 Å². The van der Waals surface area contributed by atoms with Gasteiger partial charge in [-0.25, -0.2) is 4.79 Å². The molecular formula is C19H21NO9. The maximum atomic E-state index is 11.5. The number of primary amides is 1. The molecule has 29 heavy (non-hydrogen) atoms. The van der Waals surface area contributed by atoms with E-state index in [-0.39, 0.29) is 0 Å². The summed E-state index contributed by atoms with van der Waals surface area (Å²) in [6.45, 7) is 1.90. The van der Waals surface area contributed by atoms with Crippen LogP contribution in [0, 0.1) is 6.92 Å². The predicted molar refractivity (Wildman–Crippen MR) is 101 cm³/mol. The zero-order valence-corrected chi connectivity index (χ0v) is 15.7. The van der Waals surface area contributed by atoms with Crippen LogP contribution in [0.4, 0.5) is 0 Å². The molecule has 2 aromatic carbocycles. The van der Waals surface area contributed by atoms with Crippen LogP contribution < -0.4 is 10.5 Å². The van der Waals surface area contributed by atoms with Gasteiger partial charge in [0.2, 0.25) is 0 Å². The van der Waals surface area contributed by atoms with E-state index < -0.39 is 42.3 Å². The molecule has 0 radical (unpaired) electrons. The lowest BCUT2D eigenvalue weighted by Crippen LogP contribution is -2.42. The number of hydrogen-bond acceptors (Lipinski definition) is 6. The highest BCUT2D eigenvalue weighted by Gasteiger charge is 2.40. The molecule has 2 aromatic rings. The number of methoxy groups -OCH3 is 1. The molecule has 0 saturated heterocycles. The molecule has 0 aliphatic heterocycles. The van der Waals surface area contributed by atoms with Crippen molar-refractivity contribution in [2.75, 3.05) is 7.11 Å². The summed E-state index contributed by atoms with van der Waals surface area (Å²) in [7, 11) is 1.55. The minimum absolute atomic E-state index is 0.457. The quantitative estimate of drug-likeness (QED) is 0.446. The van der Waals surface area contributed by atoms with Gasteiger partial charge in [-0.05, 0) is 29.3 Å². The molecule has 156 valence electrons. The summed E-state index contributed by atoms with van der Waals surface area (Å²) in [5, 5.41) is 35.6. The molecular weight excluding hydrogens is 386 g/mol. The molecule has 0 unspecified atom stereocenters. The molecule has 10 heteroatoms. The average molecular weight is 407 g/mol. The number of amides is 1. The van der Waals surface area contributed by atoms with Crippen molar-refractivity contribution in [2.24, 2.45) is 5.73 Å². The van der Waals surface area contributed by atoms with Crippen LogP contribution in [0.2, 0.25) is 0 Å². The van der Waals surface area contributed by atoms with Gasteiger partial charge in [-0.1, -0.05) is 24.3 Å². The Balaban J connectivity index is 0.000000298. The monoisotopic (exact) mass is 407 g/mol. The van der Waals surface area contributed by atoms with Crippen molar-refractivity contribution in [3.63, 3.8) is 0 Å². The SMILES string of the molecule is COc1c(C)cc2ccccc2c1C(N)=O.O=C(O)CC(O)(CC(=O)O)C(=O)O.